The molecule has 0 aliphatic rings. The number of benzene rings is 1. The first kappa shape index (κ1) is 20.6. The van der Waals surface area contributed by atoms with E-state index in [0.717, 1.165) is 6.54 Å². The van der Waals surface area contributed by atoms with Crippen molar-refractivity contribution >= 4 is 17.5 Å². The van der Waals surface area contributed by atoms with Crippen LogP contribution in [-0.4, -0.2) is 49.7 Å². The Labute approximate surface area is 150 Å². The van der Waals surface area contributed by atoms with Crippen LogP contribution >= 0.6 is 11.6 Å². The zero-order valence-electron chi connectivity index (χ0n) is 15.5. The van der Waals surface area contributed by atoms with Crippen LogP contribution in [0.15, 0.2) is 12.1 Å². The number of halogens is 1. The van der Waals surface area contributed by atoms with E-state index in [4.69, 9.17) is 21.1 Å². The van der Waals surface area contributed by atoms with Crippen molar-refractivity contribution in [2.24, 2.45) is 0 Å². The van der Waals surface area contributed by atoms with Crippen molar-refractivity contribution < 1.29 is 14.3 Å². The summed E-state index contributed by atoms with van der Waals surface area (Å²) in [7, 11) is 1.53. The summed E-state index contributed by atoms with van der Waals surface area (Å²) in [5.41, 5.74) is 0.459. The Morgan fingerprint density at radius 1 is 1.25 bits per heavy atom. The average Bonchev–Trinajstić information content (AvgIpc) is 2.52. The number of hydrogen-bond acceptors (Lipinski definition) is 4. The third kappa shape index (κ3) is 5.56. The third-order valence-corrected chi connectivity index (χ3v) is 4.04. The van der Waals surface area contributed by atoms with Crippen molar-refractivity contribution in [2.45, 2.75) is 46.7 Å². The molecule has 0 saturated heterocycles. The summed E-state index contributed by atoms with van der Waals surface area (Å²) in [5, 5.41) is 3.30. The lowest BCUT2D eigenvalue weighted by atomic mass is 10.2. The first-order valence-electron chi connectivity index (χ1n) is 8.36. The molecular weight excluding hydrogens is 328 g/mol. The molecule has 0 unspecified atom stereocenters. The number of methoxy groups -OCH3 is 1. The standard InChI is InChI=1S/C18H29ClN2O3/c1-7-24-17-15(19)10-14(11-16(17)23-6)18(22)20-8-9-21(12(2)3)13(4)5/h10-13H,7-9H2,1-6H3,(H,20,22). The van der Waals surface area contributed by atoms with E-state index in [2.05, 4.69) is 37.9 Å². The fraction of sp³-hybridized carbons (Fsp3) is 0.611. The molecule has 24 heavy (non-hydrogen) atoms. The Balaban J connectivity index is 2.76. The Morgan fingerprint density at radius 2 is 1.88 bits per heavy atom. The second kappa shape index (κ2) is 9.74. The van der Waals surface area contributed by atoms with Gasteiger partial charge in [0.15, 0.2) is 11.5 Å². The molecule has 0 atom stereocenters. The van der Waals surface area contributed by atoms with Gasteiger partial charge in [0.1, 0.15) is 0 Å². The highest BCUT2D eigenvalue weighted by Gasteiger charge is 2.17. The molecule has 1 amide bonds. The molecule has 0 radical (unpaired) electrons. The normalized spacial score (nSPS) is 11.2. The SMILES string of the molecule is CCOc1c(Cl)cc(C(=O)NCCN(C(C)C)C(C)C)cc1OC. The number of carbonyl (C=O) groups is 1. The molecule has 1 aromatic carbocycles. The molecule has 0 aliphatic carbocycles. The molecule has 0 fully saturated rings. The molecule has 0 bridgehead atoms. The minimum absolute atomic E-state index is 0.175. The van der Waals surface area contributed by atoms with Crippen molar-refractivity contribution in [2.75, 3.05) is 26.8 Å². The van der Waals surface area contributed by atoms with Gasteiger partial charge in [0.25, 0.3) is 5.91 Å². The summed E-state index contributed by atoms with van der Waals surface area (Å²) >= 11 is 6.21. The summed E-state index contributed by atoms with van der Waals surface area (Å²) in [6.07, 6.45) is 0. The molecule has 0 heterocycles. The van der Waals surface area contributed by atoms with Gasteiger partial charge in [-0.05, 0) is 46.8 Å². The highest BCUT2D eigenvalue weighted by Crippen LogP contribution is 2.36. The number of rotatable bonds is 9. The summed E-state index contributed by atoms with van der Waals surface area (Å²) in [6, 6.07) is 4.12. The predicted molar refractivity (Wildman–Crippen MR) is 98.5 cm³/mol. The molecule has 1 aromatic rings. The fourth-order valence-corrected chi connectivity index (χ4v) is 2.91. The lowest BCUT2D eigenvalue weighted by molar-refractivity contribution is 0.0939. The van der Waals surface area contributed by atoms with E-state index in [9.17, 15) is 4.79 Å². The molecule has 0 aliphatic heterocycles. The van der Waals surface area contributed by atoms with Gasteiger partial charge in [0, 0.05) is 30.7 Å². The molecule has 0 aromatic heterocycles. The lowest BCUT2D eigenvalue weighted by Gasteiger charge is -2.30. The van der Waals surface area contributed by atoms with Crippen molar-refractivity contribution in [3.63, 3.8) is 0 Å². The molecule has 0 saturated carbocycles. The van der Waals surface area contributed by atoms with Crippen molar-refractivity contribution in [3.8, 4) is 11.5 Å². The van der Waals surface area contributed by atoms with Crippen LogP contribution in [0.25, 0.3) is 0 Å². The number of nitrogens with one attached hydrogen (secondary N) is 1. The number of hydrogen-bond donors (Lipinski definition) is 1. The second-order valence-electron chi connectivity index (χ2n) is 6.10. The topological polar surface area (TPSA) is 50.8 Å². The largest absolute Gasteiger partial charge is 0.493 e. The van der Waals surface area contributed by atoms with Crippen LogP contribution in [0.2, 0.25) is 5.02 Å². The van der Waals surface area contributed by atoms with Gasteiger partial charge in [-0.15, -0.1) is 0 Å². The molecule has 136 valence electrons. The summed E-state index contributed by atoms with van der Waals surface area (Å²) in [6.45, 7) is 12.3. The first-order valence-corrected chi connectivity index (χ1v) is 8.73. The van der Waals surface area contributed by atoms with E-state index in [1.165, 1.54) is 7.11 Å². The maximum absolute atomic E-state index is 12.4. The zero-order chi connectivity index (χ0) is 18.3. The van der Waals surface area contributed by atoms with E-state index in [-0.39, 0.29) is 5.91 Å². The monoisotopic (exact) mass is 356 g/mol. The van der Waals surface area contributed by atoms with E-state index < -0.39 is 0 Å². The Bertz CT molecular complexity index is 539. The molecule has 5 nitrogen and oxygen atoms in total. The summed E-state index contributed by atoms with van der Waals surface area (Å²) in [5.74, 6) is 0.746. The van der Waals surface area contributed by atoms with Crippen LogP contribution in [0.5, 0.6) is 11.5 Å². The summed E-state index contributed by atoms with van der Waals surface area (Å²) < 4.78 is 10.7. The number of amides is 1. The van der Waals surface area contributed by atoms with Gasteiger partial charge in [-0.3, -0.25) is 9.69 Å². The number of carbonyl (C=O) groups excluding carboxylic acids is 1. The van der Waals surface area contributed by atoms with E-state index >= 15 is 0 Å². The van der Waals surface area contributed by atoms with E-state index in [1.807, 2.05) is 6.92 Å². The van der Waals surface area contributed by atoms with Crippen LogP contribution in [0.1, 0.15) is 45.0 Å². The lowest BCUT2D eigenvalue weighted by Crippen LogP contribution is -2.42. The van der Waals surface area contributed by atoms with Crippen molar-refractivity contribution in [3.05, 3.63) is 22.7 Å². The molecule has 1 rings (SSSR count). The molecule has 6 heteroatoms. The molecule has 1 N–H and O–H groups in total. The highest BCUT2D eigenvalue weighted by molar-refractivity contribution is 6.32. The predicted octanol–water partition coefficient (Wildman–Crippen LogP) is 3.60. The van der Waals surface area contributed by atoms with Gasteiger partial charge in [0.05, 0.1) is 18.7 Å². The van der Waals surface area contributed by atoms with Crippen LogP contribution in [0.4, 0.5) is 0 Å². The number of ether oxygens (including phenoxy) is 2. The van der Waals surface area contributed by atoms with Crippen LogP contribution in [0, 0.1) is 0 Å². The first-order chi connectivity index (χ1) is 11.3. The Hall–Kier alpha value is -1.46. The minimum atomic E-state index is -0.175. The Kier molecular flexibility index (Phi) is 8.36. The van der Waals surface area contributed by atoms with E-state index in [1.54, 1.807) is 12.1 Å². The van der Waals surface area contributed by atoms with Gasteiger partial charge in [-0.2, -0.15) is 0 Å². The second-order valence-corrected chi connectivity index (χ2v) is 6.51. The molecular formula is C18H29ClN2O3. The zero-order valence-corrected chi connectivity index (χ0v) is 16.2. The third-order valence-electron chi connectivity index (χ3n) is 3.76. The van der Waals surface area contributed by atoms with Crippen LogP contribution in [0.3, 0.4) is 0 Å². The smallest absolute Gasteiger partial charge is 0.251 e. The van der Waals surface area contributed by atoms with Gasteiger partial charge in [-0.1, -0.05) is 11.6 Å². The fourth-order valence-electron chi connectivity index (χ4n) is 2.65. The van der Waals surface area contributed by atoms with Gasteiger partial charge in [-0.25, -0.2) is 0 Å². The maximum atomic E-state index is 12.4. The van der Waals surface area contributed by atoms with Crippen molar-refractivity contribution in [1.82, 2.24) is 10.2 Å². The Morgan fingerprint density at radius 3 is 2.38 bits per heavy atom. The summed E-state index contributed by atoms with van der Waals surface area (Å²) in [4.78, 5) is 14.7. The van der Waals surface area contributed by atoms with E-state index in [0.29, 0.717) is 47.3 Å². The van der Waals surface area contributed by atoms with Crippen LogP contribution in [-0.2, 0) is 0 Å². The van der Waals surface area contributed by atoms with Gasteiger partial charge < -0.3 is 14.8 Å². The minimum Gasteiger partial charge on any atom is -0.493 e. The quantitative estimate of drug-likeness (QED) is 0.734. The van der Waals surface area contributed by atoms with Gasteiger partial charge >= 0.3 is 0 Å². The molecule has 0 spiro atoms. The van der Waals surface area contributed by atoms with Crippen molar-refractivity contribution in [1.29, 1.82) is 0 Å². The average molecular weight is 357 g/mol. The van der Waals surface area contributed by atoms with Crippen LogP contribution < -0.4 is 14.8 Å². The maximum Gasteiger partial charge on any atom is 0.251 e. The van der Waals surface area contributed by atoms with Gasteiger partial charge in [0.2, 0.25) is 0 Å². The highest BCUT2D eigenvalue weighted by atomic mass is 35.5. The number of nitrogens with zero attached hydrogens (tertiary/aromatic N) is 1.